The van der Waals surface area contributed by atoms with E-state index in [1.54, 1.807) is 37.5 Å². The number of benzene rings is 1. The highest BCUT2D eigenvalue weighted by molar-refractivity contribution is 6.33. The van der Waals surface area contributed by atoms with Gasteiger partial charge in [-0.25, -0.2) is 0 Å². The highest BCUT2D eigenvalue weighted by Gasteiger charge is 2.16. The van der Waals surface area contributed by atoms with Crippen LogP contribution in [0.25, 0.3) is 0 Å². The minimum absolute atomic E-state index is 0.249. The molecule has 0 aliphatic heterocycles. The van der Waals surface area contributed by atoms with Crippen molar-refractivity contribution in [3.63, 3.8) is 0 Å². The average Bonchev–Trinajstić information content (AvgIpc) is 2.94. The van der Waals surface area contributed by atoms with Gasteiger partial charge in [0.25, 0.3) is 0 Å². The van der Waals surface area contributed by atoms with E-state index < -0.39 is 6.04 Å². The fourth-order valence-corrected chi connectivity index (χ4v) is 1.72. The maximum absolute atomic E-state index is 12.0. The predicted octanol–water partition coefficient (Wildman–Crippen LogP) is 2.61. The monoisotopic (exact) mass is 274 g/mol. The molecule has 1 atom stereocenters. The van der Waals surface area contributed by atoms with Crippen molar-refractivity contribution in [1.29, 1.82) is 5.26 Å². The summed E-state index contributed by atoms with van der Waals surface area (Å²) < 4.78 is 1.54. The van der Waals surface area contributed by atoms with Gasteiger partial charge in [-0.3, -0.25) is 9.48 Å². The van der Waals surface area contributed by atoms with E-state index in [4.69, 9.17) is 16.9 Å². The fraction of sp³-hybridized carbons (Fsp3) is 0.154. The molecule has 0 saturated carbocycles. The van der Waals surface area contributed by atoms with Crippen molar-refractivity contribution in [2.24, 2.45) is 0 Å². The Morgan fingerprint density at radius 2 is 2.37 bits per heavy atom. The van der Waals surface area contributed by atoms with E-state index in [1.165, 1.54) is 10.7 Å². The van der Waals surface area contributed by atoms with Crippen LogP contribution in [0, 0.1) is 11.3 Å². The van der Waals surface area contributed by atoms with E-state index in [1.807, 2.05) is 6.07 Å². The molecular formula is C13H11ClN4O. The zero-order chi connectivity index (χ0) is 13.8. The summed E-state index contributed by atoms with van der Waals surface area (Å²) >= 11 is 5.98. The van der Waals surface area contributed by atoms with Crippen LogP contribution in [0.2, 0.25) is 5.02 Å². The van der Waals surface area contributed by atoms with Crippen LogP contribution in [0.1, 0.15) is 18.5 Å². The lowest BCUT2D eigenvalue weighted by Crippen LogP contribution is -2.24. The number of hydrogen-bond donors (Lipinski definition) is 1. The molecule has 1 amide bonds. The fourth-order valence-electron chi connectivity index (χ4n) is 1.56. The molecule has 1 aromatic heterocycles. The molecule has 1 aromatic carbocycles. The quantitative estimate of drug-likeness (QED) is 0.935. The lowest BCUT2D eigenvalue weighted by Gasteiger charge is -2.13. The van der Waals surface area contributed by atoms with Gasteiger partial charge < -0.3 is 5.32 Å². The molecule has 0 spiro atoms. The molecule has 19 heavy (non-hydrogen) atoms. The van der Waals surface area contributed by atoms with E-state index in [2.05, 4.69) is 10.4 Å². The van der Waals surface area contributed by atoms with Gasteiger partial charge >= 0.3 is 0 Å². The first-order chi connectivity index (χ1) is 9.11. The lowest BCUT2D eigenvalue weighted by atomic mass is 10.2. The second-order valence-electron chi connectivity index (χ2n) is 3.96. The maximum Gasteiger partial charge on any atom is 0.248 e. The summed E-state index contributed by atoms with van der Waals surface area (Å²) in [7, 11) is 0. The Morgan fingerprint density at radius 3 is 3.00 bits per heavy atom. The van der Waals surface area contributed by atoms with Crippen LogP contribution < -0.4 is 5.32 Å². The van der Waals surface area contributed by atoms with Crippen molar-refractivity contribution in [2.75, 3.05) is 5.32 Å². The zero-order valence-corrected chi connectivity index (χ0v) is 10.9. The number of amides is 1. The van der Waals surface area contributed by atoms with Crippen molar-refractivity contribution in [2.45, 2.75) is 13.0 Å². The van der Waals surface area contributed by atoms with Gasteiger partial charge in [0.15, 0.2) is 0 Å². The van der Waals surface area contributed by atoms with Gasteiger partial charge in [-0.15, -0.1) is 0 Å². The van der Waals surface area contributed by atoms with Crippen LogP contribution in [0.15, 0.2) is 36.7 Å². The summed E-state index contributed by atoms with van der Waals surface area (Å²) in [6.45, 7) is 1.73. The summed E-state index contributed by atoms with van der Waals surface area (Å²) in [6, 6.07) is 7.99. The first kappa shape index (κ1) is 13.1. The molecule has 2 aromatic rings. The second-order valence-corrected chi connectivity index (χ2v) is 4.36. The minimum Gasteiger partial charge on any atom is -0.323 e. The van der Waals surface area contributed by atoms with Gasteiger partial charge in [-0.05, 0) is 31.2 Å². The number of anilines is 1. The number of nitriles is 1. The van der Waals surface area contributed by atoms with Gasteiger partial charge in [0.05, 0.1) is 22.3 Å². The molecular weight excluding hydrogens is 264 g/mol. The normalized spacial score (nSPS) is 11.6. The Kier molecular flexibility index (Phi) is 3.83. The van der Waals surface area contributed by atoms with Crippen LogP contribution in [0.5, 0.6) is 0 Å². The largest absolute Gasteiger partial charge is 0.323 e. The molecule has 1 heterocycles. The molecule has 0 aliphatic rings. The second kappa shape index (κ2) is 5.55. The third kappa shape index (κ3) is 2.92. The Labute approximate surface area is 115 Å². The highest BCUT2D eigenvalue weighted by atomic mass is 35.5. The zero-order valence-electron chi connectivity index (χ0n) is 10.2. The van der Waals surface area contributed by atoms with E-state index >= 15 is 0 Å². The Hall–Kier alpha value is -2.32. The highest BCUT2D eigenvalue weighted by Crippen LogP contribution is 2.23. The third-order valence-corrected chi connectivity index (χ3v) is 2.98. The summed E-state index contributed by atoms with van der Waals surface area (Å²) in [5.74, 6) is -0.249. The lowest BCUT2D eigenvalue weighted by molar-refractivity contribution is -0.119. The van der Waals surface area contributed by atoms with Crippen LogP contribution >= 0.6 is 11.6 Å². The number of aromatic nitrogens is 2. The summed E-state index contributed by atoms with van der Waals surface area (Å²) in [4.78, 5) is 12.0. The van der Waals surface area contributed by atoms with Crippen LogP contribution in [0.4, 0.5) is 5.69 Å². The molecule has 0 radical (unpaired) electrons. The predicted molar refractivity (Wildman–Crippen MR) is 71.7 cm³/mol. The van der Waals surface area contributed by atoms with Gasteiger partial charge in [-0.2, -0.15) is 10.4 Å². The molecule has 96 valence electrons. The summed E-state index contributed by atoms with van der Waals surface area (Å²) in [5, 5.41) is 15.9. The number of carbonyl (C=O) groups excluding carboxylic acids is 1. The molecule has 6 heteroatoms. The van der Waals surface area contributed by atoms with Crippen molar-refractivity contribution < 1.29 is 4.79 Å². The first-order valence-corrected chi connectivity index (χ1v) is 5.99. The van der Waals surface area contributed by atoms with Crippen LogP contribution in [0.3, 0.4) is 0 Å². The number of halogens is 1. The SMILES string of the molecule is CC(C(=O)Nc1cc(C#N)ccc1Cl)n1cccn1. The topological polar surface area (TPSA) is 70.7 Å². The number of carbonyl (C=O) groups is 1. The number of nitrogens with zero attached hydrogens (tertiary/aromatic N) is 3. The first-order valence-electron chi connectivity index (χ1n) is 5.61. The van der Waals surface area contributed by atoms with Crippen LogP contribution in [-0.4, -0.2) is 15.7 Å². The molecule has 0 bridgehead atoms. The van der Waals surface area contributed by atoms with Gasteiger partial charge in [0.2, 0.25) is 5.91 Å². The van der Waals surface area contributed by atoms with E-state index in [-0.39, 0.29) is 5.91 Å². The maximum atomic E-state index is 12.0. The van der Waals surface area contributed by atoms with Crippen LogP contribution in [-0.2, 0) is 4.79 Å². The number of rotatable bonds is 3. The van der Waals surface area contributed by atoms with E-state index in [0.29, 0.717) is 16.3 Å². The van der Waals surface area contributed by atoms with Crippen molar-refractivity contribution >= 4 is 23.2 Å². The minimum atomic E-state index is -0.461. The molecule has 0 aliphatic carbocycles. The molecule has 0 fully saturated rings. The van der Waals surface area contributed by atoms with Crippen molar-refractivity contribution in [3.05, 3.63) is 47.2 Å². The number of nitrogens with one attached hydrogen (secondary N) is 1. The molecule has 2 rings (SSSR count). The number of hydrogen-bond acceptors (Lipinski definition) is 3. The van der Waals surface area contributed by atoms with Crippen molar-refractivity contribution in [3.8, 4) is 6.07 Å². The third-order valence-electron chi connectivity index (χ3n) is 2.65. The molecule has 1 N–H and O–H groups in total. The van der Waals surface area contributed by atoms with Gasteiger partial charge in [0.1, 0.15) is 6.04 Å². The Bertz CT molecular complexity index is 631. The van der Waals surface area contributed by atoms with E-state index in [0.717, 1.165) is 0 Å². The molecule has 5 nitrogen and oxygen atoms in total. The van der Waals surface area contributed by atoms with Gasteiger partial charge in [0, 0.05) is 12.4 Å². The average molecular weight is 275 g/mol. The standard InChI is InChI=1S/C13H11ClN4O/c1-9(18-6-2-5-16-18)13(19)17-12-7-10(8-15)3-4-11(12)14/h2-7,9H,1H3,(H,17,19). The molecule has 0 saturated heterocycles. The molecule has 1 unspecified atom stereocenters. The Balaban J connectivity index is 2.17. The summed E-state index contributed by atoms with van der Waals surface area (Å²) in [5.41, 5.74) is 0.858. The smallest absolute Gasteiger partial charge is 0.248 e. The van der Waals surface area contributed by atoms with Crippen molar-refractivity contribution in [1.82, 2.24) is 9.78 Å². The Morgan fingerprint density at radius 1 is 1.58 bits per heavy atom. The summed E-state index contributed by atoms with van der Waals surface area (Å²) in [6.07, 6.45) is 3.31. The van der Waals surface area contributed by atoms with Gasteiger partial charge in [-0.1, -0.05) is 11.6 Å². The van der Waals surface area contributed by atoms with E-state index in [9.17, 15) is 4.79 Å².